The molecule has 1 unspecified atom stereocenters. The predicted molar refractivity (Wildman–Crippen MR) is 135 cm³/mol. The highest BCUT2D eigenvalue weighted by Crippen LogP contribution is 2.38. The molecule has 2 aromatic rings. The molecule has 0 saturated carbocycles. The molecule has 0 radical (unpaired) electrons. The molecule has 1 nitrogen and oxygen atoms in total. The van der Waals surface area contributed by atoms with Gasteiger partial charge in [0.15, 0.2) is 17.4 Å². The summed E-state index contributed by atoms with van der Waals surface area (Å²) >= 11 is 0. The summed E-state index contributed by atoms with van der Waals surface area (Å²) in [6, 6.07) is 10.2. The number of hydrogen-bond donors (Lipinski definition) is 0. The van der Waals surface area contributed by atoms with Gasteiger partial charge < -0.3 is 4.74 Å². The van der Waals surface area contributed by atoms with Gasteiger partial charge in [-0.25, -0.2) is 13.2 Å². The summed E-state index contributed by atoms with van der Waals surface area (Å²) < 4.78 is 49.2. The van der Waals surface area contributed by atoms with Gasteiger partial charge >= 0.3 is 0 Å². The van der Waals surface area contributed by atoms with E-state index in [0.29, 0.717) is 30.4 Å². The Morgan fingerprint density at radius 1 is 0.941 bits per heavy atom. The third-order valence-electron chi connectivity index (χ3n) is 7.13. The van der Waals surface area contributed by atoms with Crippen molar-refractivity contribution >= 4 is 0 Å². The summed E-state index contributed by atoms with van der Waals surface area (Å²) in [5.41, 5.74) is 3.82. The van der Waals surface area contributed by atoms with E-state index in [1.807, 2.05) is 0 Å². The minimum Gasteiger partial charge on any atom is -0.485 e. The Kier molecular flexibility index (Phi) is 10.8. The average Bonchev–Trinajstić information content (AvgIpc) is 2.84. The molecule has 0 aromatic heterocycles. The van der Waals surface area contributed by atoms with Crippen molar-refractivity contribution in [2.75, 3.05) is 6.61 Å². The van der Waals surface area contributed by atoms with Crippen molar-refractivity contribution < 1.29 is 17.9 Å². The molecular formula is C30H41F3O. The van der Waals surface area contributed by atoms with Crippen LogP contribution in [0.25, 0.3) is 0 Å². The molecule has 188 valence electrons. The van der Waals surface area contributed by atoms with Gasteiger partial charge in [0.2, 0.25) is 0 Å². The van der Waals surface area contributed by atoms with Gasteiger partial charge in [0, 0.05) is 0 Å². The maximum absolute atomic E-state index is 15.1. The fraction of sp³-hybridized carbons (Fsp3) is 0.600. The molecule has 2 aromatic carbocycles. The second-order valence-corrected chi connectivity index (χ2v) is 9.89. The minimum atomic E-state index is -1.20. The van der Waals surface area contributed by atoms with Crippen molar-refractivity contribution in [1.29, 1.82) is 0 Å². The van der Waals surface area contributed by atoms with Crippen LogP contribution in [0.15, 0.2) is 30.3 Å². The lowest BCUT2D eigenvalue weighted by Gasteiger charge is -2.26. The number of hydrogen-bond acceptors (Lipinski definition) is 1. The molecule has 0 spiro atoms. The molecular weight excluding hydrogens is 433 g/mol. The van der Waals surface area contributed by atoms with E-state index in [0.717, 1.165) is 38.5 Å². The van der Waals surface area contributed by atoms with Crippen molar-refractivity contribution in [3.05, 3.63) is 64.2 Å². The summed E-state index contributed by atoms with van der Waals surface area (Å²) in [5, 5.41) is 0. The molecule has 0 aliphatic heterocycles. The van der Waals surface area contributed by atoms with Gasteiger partial charge in [-0.1, -0.05) is 83.1 Å². The summed E-state index contributed by atoms with van der Waals surface area (Å²) in [7, 11) is 0. The van der Waals surface area contributed by atoms with Crippen LogP contribution >= 0.6 is 0 Å². The SMILES string of the molecule is CCCCCCc1ccc(C2CCc3c(cc(F)c(OC[C@@H](F)CCCCCC)c3F)C2)cc1. The second kappa shape index (κ2) is 13.8. The summed E-state index contributed by atoms with van der Waals surface area (Å²) in [6.07, 6.45) is 11.2. The zero-order chi connectivity index (χ0) is 24.3. The number of unbranched alkanes of at least 4 members (excludes halogenated alkanes) is 6. The maximum atomic E-state index is 15.1. The molecule has 3 rings (SSSR count). The highest BCUT2D eigenvalue weighted by molar-refractivity contribution is 5.42. The fourth-order valence-electron chi connectivity index (χ4n) is 5.01. The number of rotatable bonds is 14. The maximum Gasteiger partial charge on any atom is 0.191 e. The summed E-state index contributed by atoms with van der Waals surface area (Å²) in [6.45, 7) is 4.02. The Balaban J connectivity index is 1.58. The first kappa shape index (κ1) is 26.6. The van der Waals surface area contributed by atoms with E-state index in [1.54, 1.807) is 0 Å². The zero-order valence-corrected chi connectivity index (χ0v) is 21.0. The minimum absolute atomic E-state index is 0.255. The van der Waals surface area contributed by atoms with Crippen LogP contribution in [0.4, 0.5) is 13.2 Å². The standard InChI is InChI=1S/C30H41F3O/c1-3-5-7-9-11-22-13-15-23(16-14-22)24-17-18-27-25(19-24)20-28(32)30(29(27)33)34-21-26(31)12-10-8-6-4-2/h13-16,20,24,26H,3-12,17-19,21H2,1-2H3/t24?,26-/m0/s1. The second-order valence-electron chi connectivity index (χ2n) is 9.89. The van der Waals surface area contributed by atoms with Crippen molar-refractivity contribution in [2.24, 2.45) is 0 Å². The van der Waals surface area contributed by atoms with Crippen LogP contribution in [0, 0.1) is 11.6 Å². The van der Waals surface area contributed by atoms with E-state index in [9.17, 15) is 8.78 Å². The van der Waals surface area contributed by atoms with Gasteiger partial charge in [0.25, 0.3) is 0 Å². The lowest BCUT2D eigenvalue weighted by atomic mass is 9.79. The Morgan fingerprint density at radius 2 is 1.65 bits per heavy atom. The van der Waals surface area contributed by atoms with Crippen LogP contribution in [0.5, 0.6) is 5.75 Å². The first-order chi connectivity index (χ1) is 16.5. The van der Waals surface area contributed by atoms with Crippen LogP contribution in [-0.4, -0.2) is 12.8 Å². The highest BCUT2D eigenvalue weighted by Gasteiger charge is 2.27. The van der Waals surface area contributed by atoms with Crippen molar-refractivity contribution in [2.45, 2.75) is 109 Å². The van der Waals surface area contributed by atoms with Crippen LogP contribution in [0.2, 0.25) is 0 Å². The molecule has 1 aliphatic rings. The normalized spacial score (nSPS) is 16.3. The zero-order valence-electron chi connectivity index (χ0n) is 21.0. The monoisotopic (exact) mass is 474 g/mol. The van der Waals surface area contributed by atoms with Crippen molar-refractivity contribution in [3.63, 3.8) is 0 Å². The van der Waals surface area contributed by atoms with Gasteiger partial charge in [-0.15, -0.1) is 0 Å². The molecule has 34 heavy (non-hydrogen) atoms. The molecule has 0 N–H and O–H groups in total. The molecule has 0 bridgehead atoms. The fourth-order valence-corrected chi connectivity index (χ4v) is 5.01. The number of alkyl halides is 1. The Labute approximate surface area is 204 Å². The van der Waals surface area contributed by atoms with Crippen LogP contribution in [0.3, 0.4) is 0 Å². The van der Waals surface area contributed by atoms with Gasteiger partial charge in [-0.3, -0.25) is 0 Å². The van der Waals surface area contributed by atoms with Gasteiger partial charge in [0.1, 0.15) is 12.8 Å². The summed E-state index contributed by atoms with van der Waals surface area (Å²) in [4.78, 5) is 0. The number of halogens is 3. The number of benzene rings is 2. The quantitative estimate of drug-likeness (QED) is 0.248. The van der Waals surface area contributed by atoms with E-state index in [2.05, 4.69) is 38.1 Å². The Morgan fingerprint density at radius 3 is 2.35 bits per heavy atom. The summed E-state index contributed by atoms with van der Waals surface area (Å²) in [5.74, 6) is -1.53. The topological polar surface area (TPSA) is 9.23 Å². The lowest BCUT2D eigenvalue weighted by molar-refractivity contribution is 0.173. The van der Waals surface area contributed by atoms with E-state index < -0.39 is 23.6 Å². The van der Waals surface area contributed by atoms with E-state index in [-0.39, 0.29) is 12.5 Å². The van der Waals surface area contributed by atoms with E-state index >= 15 is 4.39 Å². The largest absolute Gasteiger partial charge is 0.485 e. The highest BCUT2D eigenvalue weighted by atomic mass is 19.1. The molecule has 0 fully saturated rings. The molecule has 0 amide bonds. The predicted octanol–water partition coefficient (Wildman–Crippen LogP) is 9.05. The number of ether oxygens (including phenoxy) is 1. The smallest absolute Gasteiger partial charge is 0.191 e. The molecule has 2 atom stereocenters. The molecule has 4 heteroatoms. The molecule has 1 aliphatic carbocycles. The van der Waals surface area contributed by atoms with E-state index in [4.69, 9.17) is 4.74 Å². The lowest BCUT2D eigenvalue weighted by Crippen LogP contribution is -2.18. The first-order valence-corrected chi connectivity index (χ1v) is 13.4. The van der Waals surface area contributed by atoms with Crippen LogP contribution in [-0.2, 0) is 19.3 Å². The van der Waals surface area contributed by atoms with E-state index in [1.165, 1.54) is 42.9 Å². The van der Waals surface area contributed by atoms with Crippen LogP contribution in [0.1, 0.15) is 106 Å². The third kappa shape index (κ3) is 7.52. The number of fused-ring (bicyclic) bond motifs is 1. The van der Waals surface area contributed by atoms with Gasteiger partial charge in [-0.05, 0) is 72.8 Å². The van der Waals surface area contributed by atoms with Crippen molar-refractivity contribution in [3.8, 4) is 5.75 Å². The average molecular weight is 475 g/mol. The first-order valence-electron chi connectivity index (χ1n) is 13.4. The van der Waals surface area contributed by atoms with Gasteiger partial charge in [-0.2, -0.15) is 0 Å². The van der Waals surface area contributed by atoms with Gasteiger partial charge in [0.05, 0.1) is 0 Å². The third-order valence-corrected chi connectivity index (χ3v) is 7.13. The Bertz CT molecular complexity index is 878. The Hall–Kier alpha value is -1.97. The van der Waals surface area contributed by atoms with Crippen LogP contribution < -0.4 is 4.74 Å². The molecule has 0 saturated heterocycles. The molecule has 0 heterocycles. The van der Waals surface area contributed by atoms with Crippen molar-refractivity contribution in [1.82, 2.24) is 0 Å². The number of aryl methyl sites for hydroxylation is 1.